The lowest BCUT2D eigenvalue weighted by molar-refractivity contribution is 0.0891. The lowest BCUT2D eigenvalue weighted by Crippen LogP contribution is -2.17. The number of rotatable bonds is 5. The summed E-state index contributed by atoms with van der Waals surface area (Å²) < 4.78 is 7.42. The normalized spacial score (nSPS) is 10.8. The molecule has 3 N–H and O–H groups in total. The molecule has 130 valence electrons. The van der Waals surface area contributed by atoms with Crippen LogP contribution < -0.4 is 11.1 Å². The van der Waals surface area contributed by atoms with Crippen LogP contribution in [0.5, 0.6) is 0 Å². The van der Waals surface area contributed by atoms with E-state index in [1.807, 2.05) is 30.5 Å². The molecule has 0 atom stereocenters. The molecule has 3 aromatic rings. The van der Waals surface area contributed by atoms with Crippen LogP contribution in [0.3, 0.4) is 0 Å². The first-order valence-electron chi connectivity index (χ1n) is 7.69. The molecule has 0 saturated carbocycles. The molecule has 0 saturated heterocycles. The molecular weight excluding hydrogens is 324 g/mol. The second-order valence-corrected chi connectivity index (χ2v) is 5.39. The number of nitrogens with two attached hydrogens (primary N) is 1. The third kappa shape index (κ3) is 3.50. The lowest BCUT2D eigenvalue weighted by atomic mass is 10.1. The van der Waals surface area contributed by atoms with Crippen LogP contribution in [-0.2, 0) is 17.7 Å². The molecule has 25 heavy (non-hydrogen) atoms. The SMILES string of the molecule is COC(=O)Nc1cn(CC(=O)n2cc(CCN)c3ccccc32)nn1. The van der Waals surface area contributed by atoms with Crippen molar-refractivity contribution in [2.75, 3.05) is 19.0 Å². The number of nitrogens with one attached hydrogen (secondary N) is 1. The largest absolute Gasteiger partial charge is 0.453 e. The van der Waals surface area contributed by atoms with E-state index in [2.05, 4.69) is 20.4 Å². The number of para-hydroxylation sites is 1. The first-order valence-corrected chi connectivity index (χ1v) is 7.69. The summed E-state index contributed by atoms with van der Waals surface area (Å²) in [7, 11) is 1.25. The van der Waals surface area contributed by atoms with Crippen molar-refractivity contribution < 1.29 is 14.3 Å². The van der Waals surface area contributed by atoms with Crippen molar-refractivity contribution in [3.63, 3.8) is 0 Å². The molecule has 0 bridgehead atoms. The van der Waals surface area contributed by atoms with Gasteiger partial charge in [0.15, 0.2) is 5.82 Å². The summed E-state index contributed by atoms with van der Waals surface area (Å²) in [5.41, 5.74) is 7.50. The highest BCUT2D eigenvalue weighted by atomic mass is 16.5. The van der Waals surface area contributed by atoms with Gasteiger partial charge in [-0.25, -0.2) is 9.48 Å². The minimum atomic E-state index is -0.652. The number of fused-ring (bicyclic) bond motifs is 1. The summed E-state index contributed by atoms with van der Waals surface area (Å²) in [5, 5.41) is 11.0. The Morgan fingerprint density at radius 3 is 2.84 bits per heavy atom. The van der Waals surface area contributed by atoms with Crippen molar-refractivity contribution >= 4 is 28.7 Å². The first kappa shape index (κ1) is 16.7. The van der Waals surface area contributed by atoms with Crippen LogP contribution in [0.2, 0.25) is 0 Å². The molecule has 0 aliphatic carbocycles. The Hall–Kier alpha value is -3.20. The summed E-state index contributed by atoms with van der Waals surface area (Å²) in [6.45, 7) is 0.490. The number of benzene rings is 1. The van der Waals surface area contributed by atoms with Crippen molar-refractivity contribution in [2.45, 2.75) is 13.0 Å². The summed E-state index contributed by atoms with van der Waals surface area (Å²) in [6, 6.07) is 7.67. The molecule has 0 spiro atoms. The average molecular weight is 342 g/mol. The summed E-state index contributed by atoms with van der Waals surface area (Å²) in [4.78, 5) is 23.8. The van der Waals surface area contributed by atoms with E-state index < -0.39 is 6.09 Å². The standard InChI is InChI=1S/C16H18N6O3/c1-25-16(24)18-14-9-21(20-19-14)10-15(23)22-8-11(6-7-17)12-4-2-3-5-13(12)22/h2-5,8-9H,6-7,10,17H2,1H3,(H,18,24). The predicted molar refractivity (Wildman–Crippen MR) is 91.4 cm³/mol. The Kier molecular flexibility index (Phi) is 4.75. The zero-order valence-corrected chi connectivity index (χ0v) is 13.7. The third-order valence-electron chi connectivity index (χ3n) is 3.73. The van der Waals surface area contributed by atoms with Crippen LogP contribution in [0.25, 0.3) is 10.9 Å². The summed E-state index contributed by atoms with van der Waals surface area (Å²) in [5.74, 6) is 0.0369. The molecular formula is C16H18N6O3. The highest BCUT2D eigenvalue weighted by molar-refractivity contribution is 5.94. The van der Waals surface area contributed by atoms with E-state index in [4.69, 9.17) is 5.73 Å². The van der Waals surface area contributed by atoms with E-state index in [0.717, 1.165) is 16.5 Å². The highest BCUT2D eigenvalue weighted by Gasteiger charge is 2.15. The van der Waals surface area contributed by atoms with Crippen molar-refractivity contribution in [1.82, 2.24) is 19.6 Å². The van der Waals surface area contributed by atoms with E-state index in [1.165, 1.54) is 18.0 Å². The van der Waals surface area contributed by atoms with Crippen molar-refractivity contribution in [3.8, 4) is 0 Å². The van der Waals surface area contributed by atoms with Crippen LogP contribution in [0.1, 0.15) is 10.4 Å². The van der Waals surface area contributed by atoms with Gasteiger partial charge >= 0.3 is 6.09 Å². The Bertz CT molecular complexity index is 914. The molecule has 0 aliphatic rings. The molecule has 9 heteroatoms. The van der Waals surface area contributed by atoms with Crippen molar-refractivity contribution in [1.29, 1.82) is 0 Å². The number of methoxy groups -OCH3 is 1. The van der Waals surface area contributed by atoms with Gasteiger partial charge in [0.1, 0.15) is 6.54 Å². The van der Waals surface area contributed by atoms with E-state index in [0.29, 0.717) is 13.0 Å². The molecule has 9 nitrogen and oxygen atoms in total. The molecule has 0 fully saturated rings. The second kappa shape index (κ2) is 7.14. The van der Waals surface area contributed by atoms with Gasteiger partial charge in [0.2, 0.25) is 0 Å². The Labute approximate surface area is 143 Å². The van der Waals surface area contributed by atoms with Gasteiger partial charge in [-0.05, 0) is 24.6 Å². The smallest absolute Gasteiger partial charge is 0.412 e. The molecule has 0 radical (unpaired) electrons. The van der Waals surface area contributed by atoms with Gasteiger partial charge in [0.25, 0.3) is 5.91 Å². The molecule has 2 aromatic heterocycles. The average Bonchev–Trinajstić information content (AvgIpc) is 3.20. The van der Waals surface area contributed by atoms with Gasteiger partial charge in [-0.15, -0.1) is 5.10 Å². The summed E-state index contributed by atoms with van der Waals surface area (Å²) >= 11 is 0. The van der Waals surface area contributed by atoms with Gasteiger partial charge in [-0.3, -0.25) is 14.7 Å². The molecule has 2 heterocycles. The maximum atomic E-state index is 12.7. The molecule has 1 aromatic carbocycles. The zero-order chi connectivity index (χ0) is 17.8. The minimum Gasteiger partial charge on any atom is -0.453 e. The van der Waals surface area contributed by atoms with E-state index >= 15 is 0 Å². The topological polar surface area (TPSA) is 117 Å². The zero-order valence-electron chi connectivity index (χ0n) is 13.7. The van der Waals surface area contributed by atoms with Gasteiger partial charge in [0, 0.05) is 11.6 Å². The van der Waals surface area contributed by atoms with Crippen LogP contribution in [0, 0.1) is 0 Å². The maximum Gasteiger partial charge on any atom is 0.412 e. The quantitative estimate of drug-likeness (QED) is 0.721. The van der Waals surface area contributed by atoms with Crippen LogP contribution in [-0.4, -0.2) is 45.2 Å². The summed E-state index contributed by atoms with van der Waals surface area (Å²) in [6.07, 6.45) is 3.31. The maximum absolute atomic E-state index is 12.7. The molecule has 3 rings (SSSR count). The van der Waals surface area contributed by atoms with Crippen LogP contribution in [0.4, 0.5) is 10.6 Å². The fraction of sp³-hybridized carbons (Fsp3) is 0.250. The Morgan fingerprint density at radius 2 is 2.08 bits per heavy atom. The van der Waals surface area contributed by atoms with Crippen molar-refractivity contribution in [2.24, 2.45) is 5.73 Å². The van der Waals surface area contributed by atoms with Crippen molar-refractivity contribution in [3.05, 3.63) is 42.2 Å². The molecule has 1 amide bonds. The van der Waals surface area contributed by atoms with Crippen LogP contribution in [0.15, 0.2) is 36.7 Å². The predicted octanol–water partition coefficient (Wildman–Crippen LogP) is 1.25. The second-order valence-electron chi connectivity index (χ2n) is 5.39. The number of ether oxygens (including phenoxy) is 1. The number of carbonyl (C=O) groups excluding carboxylic acids is 2. The number of hydrogen-bond donors (Lipinski definition) is 2. The van der Waals surface area contributed by atoms with Gasteiger partial charge in [-0.1, -0.05) is 23.4 Å². The van der Waals surface area contributed by atoms with E-state index in [9.17, 15) is 9.59 Å². The van der Waals surface area contributed by atoms with E-state index in [1.54, 1.807) is 4.57 Å². The number of nitrogens with zero attached hydrogens (tertiary/aromatic N) is 4. The number of anilines is 1. The molecule has 0 aliphatic heterocycles. The number of amides is 1. The number of carbonyl (C=O) groups is 2. The Balaban J connectivity index is 1.82. The highest BCUT2D eigenvalue weighted by Crippen LogP contribution is 2.21. The minimum absolute atomic E-state index is 0.0173. The number of aromatic nitrogens is 4. The monoisotopic (exact) mass is 342 g/mol. The van der Waals surface area contributed by atoms with Crippen LogP contribution >= 0.6 is 0 Å². The number of hydrogen-bond acceptors (Lipinski definition) is 6. The fourth-order valence-electron chi connectivity index (χ4n) is 2.61. The third-order valence-corrected chi connectivity index (χ3v) is 3.73. The molecule has 0 unspecified atom stereocenters. The van der Waals surface area contributed by atoms with Gasteiger partial charge in [-0.2, -0.15) is 0 Å². The fourth-order valence-corrected chi connectivity index (χ4v) is 2.61. The lowest BCUT2D eigenvalue weighted by Gasteiger charge is -2.03. The van der Waals surface area contributed by atoms with Gasteiger partial charge in [0.05, 0.1) is 18.8 Å². The Morgan fingerprint density at radius 1 is 1.28 bits per heavy atom. The van der Waals surface area contributed by atoms with Gasteiger partial charge < -0.3 is 10.5 Å². The van der Waals surface area contributed by atoms with E-state index in [-0.39, 0.29) is 18.3 Å². The first-order chi connectivity index (χ1) is 12.1.